The molecule has 0 fully saturated rings. The number of aryl methyl sites for hydroxylation is 1. The molecule has 0 saturated heterocycles. The summed E-state index contributed by atoms with van der Waals surface area (Å²) in [4.78, 5) is 2.89. The van der Waals surface area contributed by atoms with Crippen LogP contribution in [0.3, 0.4) is 0 Å². The first-order chi connectivity index (χ1) is 10.0. The van der Waals surface area contributed by atoms with Crippen LogP contribution in [0, 0.1) is 23.3 Å². The molecule has 0 amide bonds. The smallest absolute Gasteiger partial charge is 0.182 e. The van der Waals surface area contributed by atoms with Gasteiger partial charge in [0.1, 0.15) is 5.82 Å². The van der Waals surface area contributed by atoms with E-state index in [1.54, 1.807) is 23.6 Å². The van der Waals surface area contributed by atoms with Crippen LogP contribution in [0.1, 0.15) is 5.56 Å². The summed E-state index contributed by atoms with van der Waals surface area (Å²) >= 11 is 5.25. The minimum absolute atomic E-state index is 0.0826. The van der Waals surface area contributed by atoms with Crippen LogP contribution in [0.2, 0.25) is 0 Å². The van der Waals surface area contributed by atoms with Gasteiger partial charge in [-0.2, -0.15) is 0 Å². The topological polar surface area (TPSA) is 29.9 Å². The van der Waals surface area contributed by atoms with Gasteiger partial charge in [-0.05, 0) is 30.8 Å². The zero-order chi connectivity index (χ0) is 15.1. The number of halogens is 2. The Morgan fingerprint density at radius 3 is 2.62 bits per heavy atom. The molecule has 0 spiro atoms. The molecule has 3 aromatic rings. The van der Waals surface area contributed by atoms with Crippen LogP contribution >= 0.6 is 12.2 Å². The number of aromatic amines is 1. The Morgan fingerprint density at radius 2 is 1.95 bits per heavy atom. The van der Waals surface area contributed by atoms with Crippen molar-refractivity contribution < 1.29 is 13.5 Å². The van der Waals surface area contributed by atoms with Crippen LogP contribution in [0.15, 0.2) is 30.3 Å². The lowest BCUT2D eigenvalue weighted by Gasteiger charge is -2.10. The number of methoxy groups -OCH3 is 1. The van der Waals surface area contributed by atoms with E-state index in [0.717, 1.165) is 5.56 Å². The van der Waals surface area contributed by atoms with Crippen molar-refractivity contribution in [2.45, 2.75) is 6.92 Å². The molecule has 0 aliphatic carbocycles. The number of benzene rings is 2. The van der Waals surface area contributed by atoms with Gasteiger partial charge in [0.15, 0.2) is 16.3 Å². The highest BCUT2D eigenvalue weighted by molar-refractivity contribution is 7.71. The highest BCUT2D eigenvalue weighted by Gasteiger charge is 2.15. The monoisotopic (exact) mass is 306 g/mol. The molecule has 1 heterocycles. The zero-order valence-corrected chi connectivity index (χ0v) is 12.2. The Balaban J connectivity index is 2.43. The summed E-state index contributed by atoms with van der Waals surface area (Å²) in [6.07, 6.45) is 0. The Hall–Kier alpha value is -2.21. The number of para-hydroxylation sites is 1. The van der Waals surface area contributed by atoms with E-state index in [0.29, 0.717) is 21.5 Å². The van der Waals surface area contributed by atoms with Crippen molar-refractivity contribution >= 4 is 23.3 Å². The fourth-order valence-electron chi connectivity index (χ4n) is 2.39. The minimum atomic E-state index is -0.501. The molecule has 0 unspecified atom stereocenters. The molecule has 0 atom stereocenters. The number of nitrogens with zero attached hydrogens (tertiary/aromatic N) is 1. The van der Waals surface area contributed by atoms with Crippen molar-refractivity contribution in [2.24, 2.45) is 0 Å². The SMILES string of the molecule is COc1cc2c(cc1F)[nH]c(=S)n2-c1c(C)cccc1F. The molecule has 1 N–H and O–H groups in total. The van der Waals surface area contributed by atoms with E-state index in [9.17, 15) is 8.78 Å². The van der Waals surface area contributed by atoms with Crippen molar-refractivity contribution in [1.82, 2.24) is 9.55 Å². The van der Waals surface area contributed by atoms with Crippen LogP contribution in [-0.2, 0) is 0 Å². The standard InChI is InChI=1S/C15H12F2N2OS/c1-8-4-3-5-9(16)14(8)19-12-7-13(20-2)10(17)6-11(12)18-15(19)21/h3-7H,1-2H3,(H,18,21). The molecule has 108 valence electrons. The lowest BCUT2D eigenvalue weighted by molar-refractivity contribution is 0.387. The average Bonchev–Trinajstić information content (AvgIpc) is 2.73. The number of hydrogen-bond donors (Lipinski definition) is 1. The molecule has 3 nitrogen and oxygen atoms in total. The molecular formula is C15H12F2N2OS. The number of rotatable bonds is 2. The van der Waals surface area contributed by atoms with Crippen molar-refractivity contribution in [3.63, 3.8) is 0 Å². The molecule has 0 saturated carbocycles. The van der Waals surface area contributed by atoms with E-state index >= 15 is 0 Å². The Bertz CT molecular complexity index is 878. The molecule has 0 aliphatic rings. The third-order valence-corrected chi connectivity index (χ3v) is 3.65. The Morgan fingerprint density at radius 1 is 1.19 bits per heavy atom. The fraction of sp³-hybridized carbons (Fsp3) is 0.133. The molecule has 3 rings (SSSR count). The molecule has 2 aromatic carbocycles. The van der Waals surface area contributed by atoms with Gasteiger partial charge >= 0.3 is 0 Å². The summed E-state index contributed by atoms with van der Waals surface area (Å²) in [7, 11) is 1.38. The van der Waals surface area contributed by atoms with Gasteiger partial charge in [0, 0.05) is 12.1 Å². The van der Waals surface area contributed by atoms with Gasteiger partial charge in [-0.15, -0.1) is 0 Å². The maximum absolute atomic E-state index is 14.2. The van der Waals surface area contributed by atoms with E-state index in [2.05, 4.69) is 4.98 Å². The maximum Gasteiger partial charge on any atom is 0.182 e. The molecule has 0 bridgehead atoms. The van der Waals surface area contributed by atoms with Gasteiger partial charge in [-0.3, -0.25) is 4.57 Å². The van der Waals surface area contributed by atoms with E-state index < -0.39 is 11.6 Å². The summed E-state index contributed by atoms with van der Waals surface area (Å²) in [5, 5.41) is 0. The van der Waals surface area contributed by atoms with Gasteiger partial charge in [0.2, 0.25) is 0 Å². The first-order valence-corrected chi connectivity index (χ1v) is 6.67. The number of ether oxygens (including phenoxy) is 1. The van der Waals surface area contributed by atoms with E-state index in [4.69, 9.17) is 17.0 Å². The average molecular weight is 306 g/mol. The van der Waals surface area contributed by atoms with Crippen LogP contribution < -0.4 is 4.74 Å². The highest BCUT2D eigenvalue weighted by Crippen LogP contribution is 2.29. The molecular weight excluding hydrogens is 294 g/mol. The molecule has 0 radical (unpaired) electrons. The molecule has 21 heavy (non-hydrogen) atoms. The van der Waals surface area contributed by atoms with Crippen LogP contribution in [-0.4, -0.2) is 16.7 Å². The Kier molecular flexibility index (Phi) is 3.25. The van der Waals surface area contributed by atoms with Crippen LogP contribution in [0.5, 0.6) is 5.75 Å². The predicted octanol–water partition coefficient (Wildman–Crippen LogP) is 4.28. The summed E-state index contributed by atoms with van der Waals surface area (Å²) in [5.41, 5.74) is 2.13. The predicted molar refractivity (Wildman–Crippen MR) is 79.7 cm³/mol. The van der Waals surface area contributed by atoms with E-state index in [-0.39, 0.29) is 5.75 Å². The van der Waals surface area contributed by atoms with Crippen LogP contribution in [0.25, 0.3) is 16.7 Å². The van der Waals surface area contributed by atoms with Crippen molar-refractivity contribution in [3.05, 3.63) is 52.3 Å². The minimum Gasteiger partial charge on any atom is -0.494 e. The number of nitrogens with one attached hydrogen (secondary N) is 1. The number of aromatic nitrogens is 2. The van der Waals surface area contributed by atoms with Crippen molar-refractivity contribution in [1.29, 1.82) is 0 Å². The molecule has 0 aliphatic heterocycles. The summed E-state index contributed by atoms with van der Waals surface area (Å²) in [6, 6.07) is 7.58. The van der Waals surface area contributed by atoms with Crippen LogP contribution in [0.4, 0.5) is 8.78 Å². The normalized spacial score (nSPS) is 11.0. The van der Waals surface area contributed by atoms with Crippen molar-refractivity contribution in [2.75, 3.05) is 7.11 Å². The number of H-pyrrole nitrogens is 1. The molecule has 6 heteroatoms. The lowest BCUT2D eigenvalue weighted by Crippen LogP contribution is -2.01. The second kappa shape index (κ2) is 4.96. The maximum atomic E-state index is 14.2. The number of imidazole rings is 1. The first kappa shape index (κ1) is 13.8. The lowest BCUT2D eigenvalue weighted by atomic mass is 10.2. The third-order valence-electron chi connectivity index (χ3n) is 3.37. The van der Waals surface area contributed by atoms with E-state index in [1.807, 2.05) is 0 Å². The largest absolute Gasteiger partial charge is 0.494 e. The summed E-state index contributed by atoms with van der Waals surface area (Å²) in [5.74, 6) is -0.812. The summed E-state index contributed by atoms with van der Waals surface area (Å²) in [6.45, 7) is 1.79. The van der Waals surface area contributed by atoms with Gasteiger partial charge in [-0.1, -0.05) is 12.1 Å². The Labute approximate surface area is 124 Å². The molecule has 1 aromatic heterocycles. The van der Waals surface area contributed by atoms with Gasteiger partial charge < -0.3 is 9.72 Å². The second-order valence-electron chi connectivity index (χ2n) is 4.67. The van der Waals surface area contributed by atoms with Gasteiger partial charge in [-0.25, -0.2) is 8.78 Å². The van der Waals surface area contributed by atoms with Gasteiger partial charge in [0.05, 0.1) is 23.8 Å². The highest BCUT2D eigenvalue weighted by atomic mass is 32.1. The van der Waals surface area contributed by atoms with Gasteiger partial charge in [0.25, 0.3) is 0 Å². The quantitative estimate of drug-likeness (QED) is 0.716. The first-order valence-electron chi connectivity index (χ1n) is 6.26. The second-order valence-corrected chi connectivity index (χ2v) is 5.06. The number of fused-ring (bicyclic) bond motifs is 1. The third kappa shape index (κ3) is 2.12. The fourth-order valence-corrected chi connectivity index (χ4v) is 2.69. The summed E-state index contributed by atoms with van der Waals surface area (Å²) < 4.78 is 34.8. The van der Waals surface area contributed by atoms with Crippen molar-refractivity contribution in [3.8, 4) is 11.4 Å². The zero-order valence-electron chi connectivity index (χ0n) is 11.4. The van der Waals surface area contributed by atoms with E-state index in [1.165, 1.54) is 25.3 Å². The number of hydrogen-bond acceptors (Lipinski definition) is 2.